The van der Waals surface area contributed by atoms with Crippen LogP contribution < -0.4 is 5.32 Å². The average molecular weight is 255 g/mol. The first-order valence-electron chi connectivity index (χ1n) is 6.15. The third-order valence-electron chi connectivity index (χ3n) is 3.34. The second kappa shape index (κ2) is 5.71. The van der Waals surface area contributed by atoms with Crippen LogP contribution in [0.25, 0.3) is 0 Å². The van der Waals surface area contributed by atoms with Crippen LogP contribution in [0.4, 0.5) is 0 Å². The maximum atomic E-state index is 9.45. The van der Waals surface area contributed by atoms with Crippen molar-refractivity contribution in [2.75, 3.05) is 26.2 Å². The van der Waals surface area contributed by atoms with E-state index in [-0.39, 0.29) is 5.75 Å². The molecule has 0 saturated carbocycles. The molecule has 17 heavy (non-hydrogen) atoms. The van der Waals surface area contributed by atoms with Crippen molar-refractivity contribution in [2.24, 2.45) is 0 Å². The minimum atomic E-state index is 0.158. The molecule has 1 fully saturated rings. The molecule has 0 unspecified atom stereocenters. The molecular formula is C13H19ClN2O. The molecular weight excluding hydrogens is 236 g/mol. The molecule has 1 aromatic carbocycles. The maximum absolute atomic E-state index is 9.45. The molecule has 0 aliphatic carbocycles. The van der Waals surface area contributed by atoms with Gasteiger partial charge in [-0.25, -0.2) is 0 Å². The molecule has 0 spiro atoms. The summed E-state index contributed by atoms with van der Waals surface area (Å²) in [6.07, 6.45) is 1.06. The fraction of sp³-hybridized carbons (Fsp3) is 0.538. The zero-order valence-electron chi connectivity index (χ0n) is 10.1. The van der Waals surface area contributed by atoms with Crippen molar-refractivity contribution in [1.29, 1.82) is 0 Å². The average Bonchev–Trinajstić information content (AvgIpc) is 2.36. The van der Waals surface area contributed by atoms with Gasteiger partial charge in [-0.1, -0.05) is 24.6 Å². The van der Waals surface area contributed by atoms with Crippen LogP contribution in [0.3, 0.4) is 0 Å². The van der Waals surface area contributed by atoms with Gasteiger partial charge < -0.3 is 10.4 Å². The molecule has 1 aromatic rings. The molecule has 3 nitrogen and oxygen atoms in total. The predicted octanol–water partition coefficient (Wildman–Crippen LogP) is 2.40. The van der Waals surface area contributed by atoms with E-state index in [0.717, 1.165) is 32.6 Å². The summed E-state index contributed by atoms with van der Waals surface area (Å²) >= 11 is 5.97. The third-order valence-corrected chi connectivity index (χ3v) is 3.64. The van der Waals surface area contributed by atoms with Crippen LogP contribution >= 0.6 is 11.6 Å². The minimum Gasteiger partial charge on any atom is -0.506 e. The smallest absolute Gasteiger partial charge is 0.134 e. The summed E-state index contributed by atoms with van der Waals surface area (Å²) in [6.45, 7) is 6.41. The number of nitrogens with zero attached hydrogens (tertiary/aromatic N) is 1. The van der Waals surface area contributed by atoms with Gasteiger partial charge in [0.25, 0.3) is 0 Å². The zero-order valence-corrected chi connectivity index (χ0v) is 10.9. The van der Waals surface area contributed by atoms with E-state index < -0.39 is 0 Å². The zero-order chi connectivity index (χ0) is 12.3. The standard InChI is InChI=1S/C13H19ClN2O/c1-2-12(16-7-5-15-6-8-16)10-3-4-13(17)11(14)9-10/h3-4,9,12,15,17H,2,5-8H2,1H3/t12-/m1/s1. The second-order valence-corrected chi connectivity index (χ2v) is 4.83. The number of nitrogens with one attached hydrogen (secondary N) is 1. The van der Waals surface area contributed by atoms with E-state index >= 15 is 0 Å². The van der Waals surface area contributed by atoms with E-state index in [1.54, 1.807) is 6.07 Å². The number of hydrogen-bond acceptors (Lipinski definition) is 3. The highest BCUT2D eigenvalue weighted by molar-refractivity contribution is 6.32. The Labute approximate surface area is 107 Å². The van der Waals surface area contributed by atoms with Crippen molar-refractivity contribution in [3.8, 4) is 5.75 Å². The molecule has 4 heteroatoms. The van der Waals surface area contributed by atoms with Gasteiger partial charge >= 0.3 is 0 Å². The van der Waals surface area contributed by atoms with Crippen LogP contribution in [0.1, 0.15) is 24.9 Å². The van der Waals surface area contributed by atoms with Crippen molar-refractivity contribution >= 4 is 11.6 Å². The number of phenols is 1. The molecule has 0 amide bonds. The van der Waals surface area contributed by atoms with Crippen LogP contribution in [0.15, 0.2) is 18.2 Å². The van der Waals surface area contributed by atoms with Gasteiger partial charge in [-0.2, -0.15) is 0 Å². The summed E-state index contributed by atoms with van der Waals surface area (Å²) in [6, 6.07) is 5.93. The van der Waals surface area contributed by atoms with Gasteiger partial charge in [0.2, 0.25) is 0 Å². The fourth-order valence-electron chi connectivity index (χ4n) is 2.43. The van der Waals surface area contributed by atoms with E-state index in [2.05, 4.69) is 17.1 Å². The first kappa shape index (κ1) is 12.7. The first-order valence-corrected chi connectivity index (χ1v) is 6.53. The highest BCUT2D eigenvalue weighted by Gasteiger charge is 2.20. The quantitative estimate of drug-likeness (QED) is 0.870. The molecule has 94 valence electrons. The van der Waals surface area contributed by atoms with Gasteiger partial charge in [0.05, 0.1) is 5.02 Å². The Morgan fingerprint density at radius 3 is 2.71 bits per heavy atom. The predicted molar refractivity (Wildman–Crippen MR) is 70.6 cm³/mol. The number of benzene rings is 1. The second-order valence-electron chi connectivity index (χ2n) is 4.42. The Morgan fingerprint density at radius 2 is 2.12 bits per heavy atom. The topological polar surface area (TPSA) is 35.5 Å². The number of rotatable bonds is 3. The van der Waals surface area contributed by atoms with Crippen molar-refractivity contribution in [3.05, 3.63) is 28.8 Å². The summed E-state index contributed by atoms with van der Waals surface area (Å²) in [5.74, 6) is 0.158. The lowest BCUT2D eigenvalue weighted by Crippen LogP contribution is -2.45. The summed E-state index contributed by atoms with van der Waals surface area (Å²) in [7, 11) is 0. The molecule has 2 N–H and O–H groups in total. The summed E-state index contributed by atoms with van der Waals surface area (Å²) in [4.78, 5) is 2.47. The van der Waals surface area contributed by atoms with Crippen LogP contribution in [0.2, 0.25) is 5.02 Å². The summed E-state index contributed by atoms with van der Waals surface area (Å²) < 4.78 is 0. The van der Waals surface area contributed by atoms with Gasteiger partial charge in [-0.15, -0.1) is 0 Å². The highest BCUT2D eigenvalue weighted by Crippen LogP contribution is 2.30. The normalized spacial score (nSPS) is 19.2. The lowest BCUT2D eigenvalue weighted by molar-refractivity contribution is 0.169. The lowest BCUT2D eigenvalue weighted by Gasteiger charge is -2.34. The molecule has 1 heterocycles. The molecule has 1 aliphatic heterocycles. The van der Waals surface area contributed by atoms with E-state index in [4.69, 9.17) is 11.6 Å². The van der Waals surface area contributed by atoms with E-state index in [0.29, 0.717) is 11.1 Å². The molecule has 0 radical (unpaired) electrons. The molecule has 0 aromatic heterocycles. The fourth-order valence-corrected chi connectivity index (χ4v) is 2.62. The van der Waals surface area contributed by atoms with E-state index in [1.807, 2.05) is 12.1 Å². The SMILES string of the molecule is CC[C@H](c1ccc(O)c(Cl)c1)N1CCNCC1. The molecule has 1 saturated heterocycles. The molecule has 0 bridgehead atoms. The van der Waals surface area contributed by atoms with Crippen molar-refractivity contribution < 1.29 is 5.11 Å². The molecule has 1 aliphatic rings. The van der Waals surface area contributed by atoms with Crippen LogP contribution in [-0.4, -0.2) is 36.2 Å². The van der Waals surface area contributed by atoms with E-state index in [1.165, 1.54) is 5.56 Å². The Hall–Kier alpha value is -0.770. The Bertz CT molecular complexity index is 378. The first-order chi connectivity index (χ1) is 8.22. The van der Waals surface area contributed by atoms with E-state index in [9.17, 15) is 5.11 Å². The minimum absolute atomic E-state index is 0.158. The van der Waals surface area contributed by atoms with Gasteiger partial charge in [0, 0.05) is 32.2 Å². The number of halogens is 1. The molecule has 2 rings (SSSR count). The Balaban J connectivity index is 2.18. The highest BCUT2D eigenvalue weighted by atomic mass is 35.5. The maximum Gasteiger partial charge on any atom is 0.134 e. The Kier molecular flexibility index (Phi) is 4.26. The number of phenolic OH excluding ortho intramolecular Hbond substituents is 1. The third kappa shape index (κ3) is 2.92. The van der Waals surface area contributed by atoms with Crippen molar-refractivity contribution in [2.45, 2.75) is 19.4 Å². The van der Waals surface area contributed by atoms with Crippen LogP contribution in [-0.2, 0) is 0 Å². The summed E-state index contributed by atoms with van der Waals surface area (Å²) in [5, 5.41) is 13.3. The largest absolute Gasteiger partial charge is 0.506 e. The van der Waals surface area contributed by atoms with Crippen molar-refractivity contribution in [1.82, 2.24) is 10.2 Å². The van der Waals surface area contributed by atoms with Gasteiger partial charge in [0.1, 0.15) is 5.75 Å². The molecule has 1 atom stereocenters. The van der Waals surface area contributed by atoms with Crippen LogP contribution in [0, 0.1) is 0 Å². The number of aromatic hydroxyl groups is 1. The lowest BCUT2D eigenvalue weighted by atomic mass is 10.0. The number of hydrogen-bond donors (Lipinski definition) is 2. The monoisotopic (exact) mass is 254 g/mol. The van der Waals surface area contributed by atoms with Crippen molar-refractivity contribution in [3.63, 3.8) is 0 Å². The summed E-state index contributed by atoms with van der Waals surface area (Å²) in [5.41, 5.74) is 1.19. The van der Waals surface area contributed by atoms with Gasteiger partial charge in [-0.3, -0.25) is 4.90 Å². The number of piperazine rings is 1. The Morgan fingerprint density at radius 1 is 1.41 bits per heavy atom. The van der Waals surface area contributed by atoms with Gasteiger partial charge in [-0.05, 0) is 24.1 Å². The van der Waals surface area contributed by atoms with Gasteiger partial charge in [0.15, 0.2) is 0 Å². The van der Waals surface area contributed by atoms with Crippen LogP contribution in [0.5, 0.6) is 5.75 Å².